The molecule has 0 saturated heterocycles. The summed E-state index contributed by atoms with van der Waals surface area (Å²) in [7, 11) is 1.69. The van der Waals surface area contributed by atoms with Gasteiger partial charge < -0.3 is 9.94 Å². The van der Waals surface area contributed by atoms with Gasteiger partial charge in [-0.1, -0.05) is 20.8 Å². The molecule has 3 heteroatoms. The highest BCUT2D eigenvalue weighted by Gasteiger charge is 2.22. The van der Waals surface area contributed by atoms with Crippen molar-refractivity contribution in [2.24, 2.45) is 11.3 Å². The van der Waals surface area contributed by atoms with E-state index in [1.807, 2.05) is 0 Å². The third-order valence-electron chi connectivity index (χ3n) is 2.18. The van der Waals surface area contributed by atoms with Crippen molar-refractivity contribution in [3.05, 3.63) is 0 Å². The Morgan fingerprint density at radius 2 is 1.62 bits per heavy atom. The maximum absolute atomic E-state index is 9.33. The van der Waals surface area contributed by atoms with Gasteiger partial charge in [-0.05, 0) is 38.5 Å². The summed E-state index contributed by atoms with van der Waals surface area (Å²) in [5.41, 5.74) is 0.159. The van der Waals surface area contributed by atoms with Gasteiger partial charge in [-0.25, -0.2) is 0 Å². The van der Waals surface area contributed by atoms with Gasteiger partial charge in [-0.3, -0.25) is 0 Å². The summed E-state index contributed by atoms with van der Waals surface area (Å²) in [4.78, 5) is 0. The van der Waals surface area contributed by atoms with Gasteiger partial charge >= 0.3 is 0 Å². The van der Waals surface area contributed by atoms with Crippen LogP contribution in [0, 0.1) is 11.3 Å². The SMILES string of the molecule is CN(O)CC(COC(C)(C)C)CC(C)(C)C. The van der Waals surface area contributed by atoms with Gasteiger partial charge in [-0.15, -0.1) is 0 Å². The standard InChI is InChI=1S/C13H29NO2/c1-12(2,3)8-11(9-14(7)15)10-16-13(4,5)6/h11,15H,8-10H2,1-7H3. The van der Waals surface area contributed by atoms with Crippen LogP contribution in [-0.4, -0.2) is 36.1 Å². The summed E-state index contributed by atoms with van der Waals surface area (Å²) in [6, 6.07) is 0. The first kappa shape index (κ1) is 15.9. The molecule has 0 rings (SSSR count). The highest BCUT2D eigenvalue weighted by Crippen LogP contribution is 2.26. The van der Waals surface area contributed by atoms with E-state index in [1.54, 1.807) is 7.05 Å². The predicted molar refractivity (Wildman–Crippen MR) is 67.7 cm³/mol. The zero-order valence-corrected chi connectivity index (χ0v) is 12.0. The van der Waals surface area contributed by atoms with Crippen LogP contribution in [0.4, 0.5) is 0 Å². The lowest BCUT2D eigenvalue weighted by molar-refractivity contribution is -0.0995. The Morgan fingerprint density at radius 3 is 1.94 bits per heavy atom. The fourth-order valence-electron chi connectivity index (χ4n) is 1.78. The van der Waals surface area contributed by atoms with Crippen LogP contribution in [0.3, 0.4) is 0 Å². The van der Waals surface area contributed by atoms with E-state index < -0.39 is 0 Å². The van der Waals surface area contributed by atoms with Crippen LogP contribution in [0.2, 0.25) is 0 Å². The minimum atomic E-state index is -0.107. The molecule has 0 amide bonds. The third kappa shape index (κ3) is 10.4. The second kappa shape index (κ2) is 5.99. The number of nitrogens with zero attached hydrogens (tertiary/aromatic N) is 1. The normalized spacial score (nSPS) is 15.6. The molecule has 98 valence electrons. The average Bonchev–Trinajstić information content (AvgIpc) is 1.94. The molecule has 0 heterocycles. The van der Waals surface area contributed by atoms with E-state index in [2.05, 4.69) is 41.5 Å². The fourth-order valence-corrected chi connectivity index (χ4v) is 1.78. The highest BCUT2D eigenvalue weighted by molar-refractivity contribution is 4.71. The van der Waals surface area contributed by atoms with Gasteiger partial charge in [-0.2, -0.15) is 5.06 Å². The van der Waals surface area contributed by atoms with Crippen molar-refractivity contribution < 1.29 is 9.94 Å². The van der Waals surface area contributed by atoms with Crippen molar-refractivity contribution in [2.45, 2.75) is 53.6 Å². The molecule has 0 aromatic rings. The highest BCUT2D eigenvalue weighted by atomic mass is 16.5. The molecule has 0 aromatic carbocycles. The van der Waals surface area contributed by atoms with Crippen molar-refractivity contribution in [1.82, 2.24) is 5.06 Å². The minimum absolute atomic E-state index is 0.107. The molecule has 0 fully saturated rings. The van der Waals surface area contributed by atoms with E-state index in [1.165, 1.54) is 5.06 Å². The quantitative estimate of drug-likeness (QED) is 0.738. The van der Waals surface area contributed by atoms with Gasteiger partial charge in [0, 0.05) is 13.6 Å². The number of hydroxylamine groups is 2. The van der Waals surface area contributed by atoms with Crippen LogP contribution in [0.15, 0.2) is 0 Å². The molecule has 1 atom stereocenters. The maximum atomic E-state index is 9.33. The third-order valence-corrected chi connectivity index (χ3v) is 2.18. The summed E-state index contributed by atoms with van der Waals surface area (Å²) in [5.74, 6) is 0.370. The lowest BCUT2D eigenvalue weighted by Crippen LogP contribution is -2.32. The second-order valence-corrected chi connectivity index (χ2v) is 6.89. The number of rotatable bonds is 5. The van der Waals surface area contributed by atoms with Crippen LogP contribution in [-0.2, 0) is 4.74 Å². The minimum Gasteiger partial charge on any atom is -0.376 e. The van der Waals surface area contributed by atoms with Crippen LogP contribution < -0.4 is 0 Å². The van der Waals surface area contributed by atoms with Gasteiger partial charge in [0.05, 0.1) is 12.2 Å². The Hall–Kier alpha value is -0.120. The van der Waals surface area contributed by atoms with Crippen LogP contribution in [0.25, 0.3) is 0 Å². The fraction of sp³-hybridized carbons (Fsp3) is 1.00. The van der Waals surface area contributed by atoms with Crippen LogP contribution in [0.1, 0.15) is 48.0 Å². The average molecular weight is 231 g/mol. The van der Waals surface area contributed by atoms with Crippen molar-refractivity contribution >= 4 is 0 Å². The molecule has 3 nitrogen and oxygen atoms in total. The van der Waals surface area contributed by atoms with Gasteiger partial charge in [0.25, 0.3) is 0 Å². The first-order valence-electron chi connectivity index (χ1n) is 6.03. The molecule has 0 aliphatic carbocycles. The predicted octanol–water partition coefficient (Wildman–Crippen LogP) is 3.17. The largest absolute Gasteiger partial charge is 0.376 e. The molecule has 0 aromatic heterocycles. The number of hydrogen-bond donors (Lipinski definition) is 1. The van der Waals surface area contributed by atoms with Crippen LogP contribution >= 0.6 is 0 Å². The molecule has 0 radical (unpaired) electrons. The van der Waals surface area contributed by atoms with Crippen molar-refractivity contribution in [3.8, 4) is 0 Å². The molecular weight excluding hydrogens is 202 g/mol. The van der Waals surface area contributed by atoms with E-state index >= 15 is 0 Å². The Bertz CT molecular complexity index is 189. The number of ether oxygens (including phenoxy) is 1. The van der Waals surface area contributed by atoms with Gasteiger partial charge in [0.1, 0.15) is 0 Å². The first-order valence-corrected chi connectivity index (χ1v) is 6.03. The van der Waals surface area contributed by atoms with E-state index in [0.717, 1.165) is 6.42 Å². The van der Waals surface area contributed by atoms with Gasteiger partial charge in [0.2, 0.25) is 0 Å². The molecule has 16 heavy (non-hydrogen) atoms. The molecule has 0 aliphatic heterocycles. The van der Waals surface area contributed by atoms with Crippen LogP contribution in [0.5, 0.6) is 0 Å². The monoisotopic (exact) mass is 231 g/mol. The molecule has 0 aliphatic rings. The van der Waals surface area contributed by atoms with Crippen molar-refractivity contribution in [3.63, 3.8) is 0 Å². The lowest BCUT2D eigenvalue weighted by atomic mass is 9.85. The Balaban J connectivity index is 4.22. The second-order valence-electron chi connectivity index (χ2n) is 6.89. The topological polar surface area (TPSA) is 32.7 Å². The van der Waals surface area contributed by atoms with Crippen molar-refractivity contribution in [2.75, 3.05) is 20.2 Å². The van der Waals surface area contributed by atoms with E-state index in [0.29, 0.717) is 19.1 Å². The maximum Gasteiger partial charge on any atom is 0.0598 e. The Morgan fingerprint density at radius 1 is 1.12 bits per heavy atom. The molecular formula is C13H29NO2. The van der Waals surface area contributed by atoms with E-state index in [9.17, 15) is 5.21 Å². The Labute approximate surface area is 101 Å². The molecule has 0 saturated carbocycles. The zero-order chi connectivity index (χ0) is 13.0. The number of hydrogen-bond acceptors (Lipinski definition) is 3. The summed E-state index contributed by atoms with van der Waals surface area (Å²) in [6.45, 7) is 14.2. The summed E-state index contributed by atoms with van der Waals surface area (Å²) >= 11 is 0. The summed E-state index contributed by atoms with van der Waals surface area (Å²) in [5, 5.41) is 10.6. The van der Waals surface area contributed by atoms with E-state index in [4.69, 9.17) is 4.74 Å². The summed E-state index contributed by atoms with van der Waals surface area (Å²) in [6.07, 6.45) is 1.05. The van der Waals surface area contributed by atoms with E-state index in [-0.39, 0.29) is 11.0 Å². The van der Waals surface area contributed by atoms with Gasteiger partial charge in [0.15, 0.2) is 0 Å². The molecule has 0 bridgehead atoms. The Kier molecular flexibility index (Phi) is 5.94. The van der Waals surface area contributed by atoms with Crippen molar-refractivity contribution in [1.29, 1.82) is 0 Å². The summed E-state index contributed by atoms with van der Waals surface area (Å²) < 4.78 is 5.80. The smallest absolute Gasteiger partial charge is 0.0598 e. The lowest BCUT2D eigenvalue weighted by Gasteiger charge is -2.30. The zero-order valence-electron chi connectivity index (χ0n) is 12.0. The molecule has 0 spiro atoms. The molecule has 1 N–H and O–H groups in total. The molecule has 1 unspecified atom stereocenters. The first-order chi connectivity index (χ1) is 6.99.